The van der Waals surface area contributed by atoms with E-state index in [1.165, 1.54) is 7.11 Å². The smallest absolute Gasteiger partial charge is 0.408 e. The molecule has 2 aromatic carbocycles. The number of thiocarbonyl (C=S) groups is 1. The fourth-order valence-corrected chi connectivity index (χ4v) is 6.15. The highest BCUT2D eigenvalue weighted by Crippen LogP contribution is 2.35. The summed E-state index contributed by atoms with van der Waals surface area (Å²) in [6.07, 6.45) is 0.381. The topological polar surface area (TPSA) is 128 Å². The van der Waals surface area contributed by atoms with Crippen LogP contribution in [-0.2, 0) is 19.1 Å². The lowest BCUT2D eigenvalue weighted by Crippen LogP contribution is -2.56. The first-order valence-electron chi connectivity index (χ1n) is 16.6. The van der Waals surface area contributed by atoms with Gasteiger partial charge in [-0.15, -0.1) is 0 Å². The number of nitrogens with one attached hydrogen (secondary N) is 2. The van der Waals surface area contributed by atoms with Gasteiger partial charge in [-0.25, -0.2) is 14.6 Å². The van der Waals surface area contributed by atoms with E-state index in [-0.39, 0.29) is 18.4 Å². The van der Waals surface area contributed by atoms with Gasteiger partial charge >= 0.3 is 12.1 Å². The van der Waals surface area contributed by atoms with Gasteiger partial charge in [0.05, 0.1) is 43.0 Å². The minimum absolute atomic E-state index is 0.182. The second-order valence-electron chi connectivity index (χ2n) is 13.5. The Bertz CT molecular complexity index is 1640. The Balaban J connectivity index is 1.70. The zero-order valence-electron chi connectivity index (χ0n) is 29.6. The Morgan fingerprint density at radius 2 is 1.76 bits per heavy atom. The van der Waals surface area contributed by atoms with E-state index in [0.717, 1.165) is 16.6 Å². The van der Waals surface area contributed by atoms with Gasteiger partial charge in [0.2, 0.25) is 5.91 Å². The highest BCUT2D eigenvalue weighted by Gasteiger charge is 2.43. The van der Waals surface area contributed by atoms with Crippen molar-refractivity contribution in [1.29, 1.82) is 0 Å². The Morgan fingerprint density at radius 1 is 1.04 bits per heavy atom. The van der Waals surface area contributed by atoms with Crippen molar-refractivity contribution in [2.24, 2.45) is 5.92 Å². The largest absolute Gasteiger partial charge is 0.497 e. The molecule has 1 fully saturated rings. The van der Waals surface area contributed by atoms with E-state index >= 15 is 0 Å². The number of amides is 2. The molecule has 0 bridgehead atoms. The third-order valence-electron chi connectivity index (χ3n) is 8.18. The summed E-state index contributed by atoms with van der Waals surface area (Å²) in [4.78, 5) is 46.6. The maximum Gasteiger partial charge on any atom is 0.408 e. The third kappa shape index (κ3) is 9.59. The molecule has 4 atom stereocenters. The van der Waals surface area contributed by atoms with Crippen LogP contribution in [0.3, 0.4) is 0 Å². The Hall–Kier alpha value is -4.45. The fourth-order valence-electron chi connectivity index (χ4n) is 5.79. The number of hydrogen-bond donors (Lipinski definition) is 2. The molecule has 4 rings (SSSR count). The standard InChI is InChI=1S/C37H48N4O7S/c1-9-13-27(35(43)46-8)39-33(49)30-19-25(21-41(30)34(42)32(22(2)3)40-36(44)48-37(4,5)6)47-31-20-28(23-14-11-10-12-15-23)38-29-18-24(45-7)16-17-26(29)31/h10-12,14-18,20,22,25,27,30,32H,9,13,19,21H2,1-8H3,(H,39,49)(H,40,44)/t25-,27+,30+,32+/m1/s1. The first kappa shape index (κ1) is 37.4. The highest BCUT2D eigenvalue weighted by atomic mass is 32.1. The van der Waals surface area contributed by atoms with Gasteiger partial charge in [-0.3, -0.25) is 4.79 Å². The van der Waals surface area contributed by atoms with Gasteiger partial charge < -0.3 is 34.5 Å². The average molecular weight is 693 g/mol. The molecule has 12 heteroatoms. The van der Waals surface area contributed by atoms with Crippen LogP contribution in [0.15, 0.2) is 54.6 Å². The number of carbonyl (C=O) groups excluding carboxylic acids is 3. The van der Waals surface area contributed by atoms with Crippen LogP contribution in [0.25, 0.3) is 22.2 Å². The zero-order valence-corrected chi connectivity index (χ0v) is 30.4. The molecule has 2 heterocycles. The van der Waals surface area contributed by atoms with Crippen molar-refractivity contribution in [2.75, 3.05) is 20.8 Å². The normalized spacial score (nSPS) is 17.3. The lowest BCUT2D eigenvalue weighted by Gasteiger charge is -2.32. The molecule has 11 nitrogen and oxygen atoms in total. The summed E-state index contributed by atoms with van der Waals surface area (Å²) in [7, 11) is 2.94. The second kappa shape index (κ2) is 16.3. The minimum Gasteiger partial charge on any atom is -0.497 e. The van der Waals surface area contributed by atoms with E-state index in [2.05, 4.69) is 10.6 Å². The number of aromatic nitrogens is 1. The van der Waals surface area contributed by atoms with E-state index in [1.807, 2.05) is 75.4 Å². The number of nitrogens with zero attached hydrogens (tertiary/aromatic N) is 2. The third-order valence-corrected chi connectivity index (χ3v) is 8.57. The molecule has 1 saturated heterocycles. The molecule has 0 aliphatic carbocycles. The van der Waals surface area contributed by atoms with E-state index in [9.17, 15) is 14.4 Å². The van der Waals surface area contributed by atoms with Crippen molar-refractivity contribution >= 4 is 46.1 Å². The summed E-state index contributed by atoms with van der Waals surface area (Å²) in [6.45, 7) is 11.1. The van der Waals surface area contributed by atoms with E-state index in [0.29, 0.717) is 41.3 Å². The predicted molar refractivity (Wildman–Crippen MR) is 193 cm³/mol. The number of likely N-dealkylation sites (tertiary alicyclic amines) is 1. The average Bonchev–Trinajstić information content (AvgIpc) is 3.49. The maximum absolute atomic E-state index is 14.3. The molecule has 2 amide bonds. The van der Waals surface area contributed by atoms with Crippen molar-refractivity contribution in [2.45, 2.75) is 90.6 Å². The zero-order chi connectivity index (χ0) is 35.9. The number of fused-ring (bicyclic) bond motifs is 1. The summed E-state index contributed by atoms with van der Waals surface area (Å²) in [5, 5.41) is 6.72. The first-order valence-corrected chi connectivity index (χ1v) is 17.0. The SMILES string of the molecule is CCC[C@H](NC(=S)[C@@H]1C[C@@H](Oc2cc(-c3ccccc3)nc3cc(OC)ccc23)CN1C(=O)[C@@H](NC(=O)OC(C)(C)C)C(C)C)C(=O)OC. The van der Waals surface area contributed by atoms with Crippen LogP contribution in [0.1, 0.15) is 60.8 Å². The molecule has 0 radical (unpaired) electrons. The van der Waals surface area contributed by atoms with Crippen molar-refractivity contribution in [3.63, 3.8) is 0 Å². The van der Waals surface area contributed by atoms with Crippen LogP contribution in [0.4, 0.5) is 4.79 Å². The molecule has 1 aliphatic heterocycles. The van der Waals surface area contributed by atoms with Crippen molar-refractivity contribution in [3.8, 4) is 22.8 Å². The van der Waals surface area contributed by atoms with E-state index in [4.69, 9.17) is 36.1 Å². The number of hydrogen-bond acceptors (Lipinski definition) is 9. The molecule has 1 aliphatic rings. The molecule has 2 N–H and O–H groups in total. The number of alkyl carbamates (subject to hydrolysis) is 1. The number of benzene rings is 2. The quantitative estimate of drug-likeness (QED) is 0.171. The van der Waals surface area contributed by atoms with Crippen molar-refractivity contribution < 1.29 is 33.3 Å². The molecular formula is C37H48N4O7S. The van der Waals surface area contributed by atoms with Gasteiger partial charge in [0.1, 0.15) is 35.3 Å². The van der Waals surface area contributed by atoms with Crippen LogP contribution in [0.5, 0.6) is 11.5 Å². The summed E-state index contributed by atoms with van der Waals surface area (Å²) in [5.74, 6) is 0.216. The Morgan fingerprint density at radius 3 is 2.37 bits per heavy atom. The maximum atomic E-state index is 14.3. The molecule has 3 aromatic rings. The summed E-state index contributed by atoms with van der Waals surface area (Å²) < 4.78 is 22.7. The van der Waals surface area contributed by atoms with Crippen LogP contribution in [0.2, 0.25) is 0 Å². The molecule has 49 heavy (non-hydrogen) atoms. The number of methoxy groups -OCH3 is 2. The minimum atomic E-state index is -0.898. The van der Waals surface area contributed by atoms with Crippen LogP contribution >= 0.6 is 12.2 Å². The number of esters is 1. The van der Waals surface area contributed by atoms with Gasteiger partial charge in [0.25, 0.3) is 0 Å². The van der Waals surface area contributed by atoms with Gasteiger partial charge in [-0.05, 0) is 45.2 Å². The van der Waals surface area contributed by atoms with Gasteiger partial charge in [0, 0.05) is 29.5 Å². The van der Waals surface area contributed by atoms with E-state index < -0.39 is 41.9 Å². The molecule has 0 spiro atoms. The molecule has 264 valence electrons. The van der Waals surface area contributed by atoms with Crippen molar-refractivity contribution in [3.05, 3.63) is 54.6 Å². The highest BCUT2D eigenvalue weighted by molar-refractivity contribution is 7.80. The number of carbonyl (C=O) groups is 3. The Labute approximate surface area is 294 Å². The lowest BCUT2D eigenvalue weighted by atomic mass is 10.0. The molecule has 0 saturated carbocycles. The Kier molecular flexibility index (Phi) is 12.4. The number of pyridine rings is 1. The second-order valence-corrected chi connectivity index (χ2v) is 13.9. The van der Waals surface area contributed by atoms with Gasteiger partial charge in [-0.1, -0.05) is 69.7 Å². The molecular weight excluding hydrogens is 644 g/mol. The monoisotopic (exact) mass is 692 g/mol. The summed E-state index contributed by atoms with van der Waals surface area (Å²) in [6, 6.07) is 15.1. The summed E-state index contributed by atoms with van der Waals surface area (Å²) in [5.41, 5.74) is 1.59. The molecule has 0 unspecified atom stereocenters. The number of ether oxygens (including phenoxy) is 4. The van der Waals surface area contributed by atoms with Gasteiger partial charge in [-0.2, -0.15) is 0 Å². The first-order chi connectivity index (χ1) is 23.2. The fraction of sp³-hybridized carbons (Fsp3) is 0.486. The van der Waals surface area contributed by atoms with Crippen LogP contribution < -0.4 is 20.1 Å². The number of rotatable bonds is 12. The van der Waals surface area contributed by atoms with Gasteiger partial charge in [0.15, 0.2) is 0 Å². The van der Waals surface area contributed by atoms with Crippen LogP contribution in [-0.4, -0.2) is 83.4 Å². The van der Waals surface area contributed by atoms with Crippen molar-refractivity contribution in [1.82, 2.24) is 20.5 Å². The van der Waals surface area contributed by atoms with E-state index in [1.54, 1.807) is 32.8 Å². The van der Waals surface area contributed by atoms with Crippen LogP contribution in [0, 0.1) is 5.92 Å². The summed E-state index contributed by atoms with van der Waals surface area (Å²) >= 11 is 5.88. The lowest BCUT2D eigenvalue weighted by molar-refractivity contribution is -0.142. The predicted octanol–water partition coefficient (Wildman–Crippen LogP) is 6.07. The molecule has 1 aromatic heterocycles.